The molecule has 4 N–H and O–H groups in total. The molecule has 0 aliphatic heterocycles. The largest absolute Gasteiger partial charge is 0.383 e. The van der Waals surface area contributed by atoms with Crippen LogP contribution in [0.3, 0.4) is 0 Å². The topological polar surface area (TPSA) is 106 Å². The molecule has 3 aromatic rings. The molecule has 0 aliphatic carbocycles. The van der Waals surface area contributed by atoms with Gasteiger partial charge in [0.05, 0.1) is 11.3 Å². The third-order valence-electron chi connectivity index (χ3n) is 3.74. The van der Waals surface area contributed by atoms with Crippen molar-refractivity contribution in [2.24, 2.45) is 16.0 Å². The molecule has 0 unspecified atom stereocenters. The van der Waals surface area contributed by atoms with E-state index in [1.165, 1.54) is 18.3 Å². The number of pyridine rings is 2. The van der Waals surface area contributed by atoms with E-state index in [9.17, 15) is 8.78 Å². The smallest absolute Gasteiger partial charge is 0.184 e. The molecule has 0 amide bonds. The van der Waals surface area contributed by atoms with Gasteiger partial charge >= 0.3 is 0 Å². The van der Waals surface area contributed by atoms with Crippen molar-refractivity contribution in [1.82, 2.24) is 9.97 Å². The molecule has 3 rings (SSSR count). The summed E-state index contributed by atoms with van der Waals surface area (Å²) in [4.78, 5) is 8.36. The Morgan fingerprint density at radius 2 is 1.93 bits per heavy atom. The van der Waals surface area contributed by atoms with Crippen LogP contribution in [0.15, 0.2) is 65.1 Å². The first-order valence-corrected chi connectivity index (χ1v) is 7.72. The normalized spacial score (nSPS) is 11.3. The highest BCUT2D eigenvalue weighted by Crippen LogP contribution is 2.27. The van der Waals surface area contributed by atoms with Gasteiger partial charge in [-0.2, -0.15) is 10.2 Å². The van der Waals surface area contributed by atoms with E-state index < -0.39 is 11.6 Å². The number of rotatable bonds is 4. The maximum atomic E-state index is 14.2. The van der Waals surface area contributed by atoms with Gasteiger partial charge < -0.3 is 11.6 Å². The standard InChI is InChI=1S/C18H15F2N7/c1-23-27(15-7-4-5-13(19)16(15)20)18(26-22)12-9-11(10-25-17(12)21)14-6-2-3-8-24-14/h2-10H,1,22H2,(H2,21,25)/b26-18-. The quantitative estimate of drug-likeness (QED) is 0.319. The fourth-order valence-electron chi connectivity index (χ4n) is 2.48. The molecule has 0 fully saturated rings. The minimum absolute atomic E-state index is 0.0581. The number of aromatic nitrogens is 2. The van der Waals surface area contributed by atoms with E-state index in [0.717, 1.165) is 11.1 Å². The van der Waals surface area contributed by atoms with Crippen molar-refractivity contribution < 1.29 is 8.78 Å². The lowest BCUT2D eigenvalue weighted by Gasteiger charge is -2.21. The Morgan fingerprint density at radius 1 is 1.11 bits per heavy atom. The molecule has 0 saturated carbocycles. The van der Waals surface area contributed by atoms with Crippen LogP contribution in [-0.4, -0.2) is 22.5 Å². The molecule has 27 heavy (non-hydrogen) atoms. The summed E-state index contributed by atoms with van der Waals surface area (Å²) < 4.78 is 27.9. The summed E-state index contributed by atoms with van der Waals surface area (Å²) in [6, 6.07) is 10.6. The summed E-state index contributed by atoms with van der Waals surface area (Å²) in [7, 11) is 0. The molecule has 0 aliphatic rings. The molecule has 0 saturated heterocycles. The average Bonchev–Trinajstić information content (AvgIpc) is 2.70. The molecule has 2 aromatic heterocycles. The summed E-state index contributed by atoms with van der Waals surface area (Å²) in [5, 5.41) is 8.32. The summed E-state index contributed by atoms with van der Waals surface area (Å²) in [6.45, 7) is 3.39. The number of nitrogen functional groups attached to an aromatic ring is 1. The zero-order chi connectivity index (χ0) is 19.4. The molecule has 9 heteroatoms. The van der Waals surface area contributed by atoms with Gasteiger partial charge in [-0.15, -0.1) is 0 Å². The van der Waals surface area contributed by atoms with Crippen LogP contribution >= 0.6 is 0 Å². The predicted molar refractivity (Wildman–Crippen MR) is 101 cm³/mol. The zero-order valence-electron chi connectivity index (χ0n) is 14.0. The Bertz CT molecular complexity index is 1010. The summed E-state index contributed by atoms with van der Waals surface area (Å²) in [6.07, 6.45) is 3.16. The molecule has 136 valence electrons. The predicted octanol–water partition coefficient (Wildman–Crippen LogP) is 2.75. The molecule has 1 aromatic carbocycles. The Morgan fingerprint density at radius 3 is 2.59 bits per heavy atom. The monoisotopic (exact) mass is 367 g/mol. The summed E-state index contributed by atoms with van der Waals surface area (Å²) in [5.41, 5.74) is 7.26. The minimum atomic E-state index is -1.13. The zero-order valence-corrected chi connectivity index (χ0v) is 14.0. The second-order valence-corrected chi connectivity index (χ2v) is 5.35. The van der Waals surface area contributed by atoms with Crippen LogP contribution in [0.2, 0.25) is 0 Å². The van der Waals surface area contributed by atoms with Crippen LogP contribution in [-0.2, 0) is 0 Å². The fourth-order valence-corrected chi connectivity index (χ4v) is 2.48. The summed E-state index contributed by atoms with van der Waals surface area (Å²) in [5.74, 6) is 3.35. The van der Waals surface area contributed by atoms with Gasteiger partial charge in [-0.1, -0.05) is 12.1 Å². The summed E-state index contributed by atoms with van der Waals surface area (Å²) >= 11 is 0. The minimum Gasteiger partial charge on any atom is -0.383 e. The maximum Gasteiger partial charge on any atom is 0.184 e. The van der Waals surface area contributed by atoms with E-state index in [1.807, 2.05) is 6.07 Å². The number of nitrogens with zero attached hydrogens (tertiary/aromatic N) is 5. The maximum absolute atomic E-state index is 14.2. The number of halogens is 2. The van der Waals surface area contributed by atoms with E-state index >= 15 is 0 Å². The number of hydrogen-bond donors (Lipinski definition) is 2. The van der Waals surface area contributed by atoms with Gasteiger partial charge in [-0.25, -0.2) is 18.8 Å². The van der Waals surface area contributed by atoms with Crippen molar-refractivity contribution in [3.05, 3.63) is 72.1 Å². The second kappa shape index (κ2) is 7.56. The first-order chi connectivity index (χ1) is 13.1. The highest BCUT2D eigenvalue weighted by Gasteiger charge is 2.23. The lowest BCUT2D eigenvalue weighted by molar-refractivity contribution is 0.509. The highest BCUT2D eigenvalue weighted by molar-refractivity contribution is 6.12. The molecular formula is C18H15F2N7. The molecule has 0 spiro atoms. The second-order valence-electron chi connectivity index (χ2n) is 5.35. The van der Waals surface area contributed by atoms with Gasteiger partial charge in [0, 0.05) is 24.7 Å². The van der Waals surface area contributed by atoms with Crippen LogP contribution in [0, 0.1) is 11.6 Å². The van der Waals surface area contributed by atoms with Crippen molar-refractivity contribution in [3.63, 3.8) is 0 Å². The number of hydrazone groups is 2. The molecule has 0 bridgehead atoms. The molecule has 7 nitrogen and oxygen atoms in total. The third-order valence-corrected chi connectivity index (χ3v) is 3.74. The highest BCUT2D eigenvalue weighted by atomic mass is 19.2. The lowest BCUT2D eigenvalue weighted by atomic mass is 10.1. The number of benzene rings is 1. The van der Waals surface area contributed by atoms with Crippen LogP contribution < -0.4 is 16.6 Å². The van der Waals surface area contributed by atoms with Crippen LogP contribution in [0.1, 0.15) is 5.56 Å². The number of amidine groups is 1. The van der Waals surface area contributed by atoms with E-state index in [1.54, 1.807) is 24.4 Å². The Labute approximate surface area is 153 Å². The van der Waals surface area contributed by atoms with Gasteiger partial charge in [-0.05, 0) is 30.3 Å². The van der Waals surface area contributed by atoms with E-state index in [2.05, 4.69) is 26.9 Å². The molecule has 0 radical (unpaired) electrons. The number of anilines is 2. The fraction of sp³-hybridized carbons (Fsp3) is 0. The Balaban J connectivity index is 2.12. The Kier molecular flexibility index (Phi) is 5.02. The van der Waals surface area contributed by atoms with Crippen LogP contribution in [0.25, 0.3) is 11.3 Å². The van der Waals surface area contributed by atoms with Gasteiger partial charge in [0.15, 0.2) is 17.5 Å². The van der Waals surface area contributed by atoms with Crippen molar-refractivity contribution in [1.29, 1.82) is 0 Å². The first kappa shape index (κ1) is 17.9. The van der Waals surface area contributed by atoms with Crippen LogP contribution in [0.4, 0.5) is 20.3 Å². The van der Waals surface area contributed by atoms with Crippen LogP contribution in [0.5, 0.6) is 0 Å². The first-order valence-electron chi connectivity index (χ1n) is 7.72. The molecule has 2 heterocycles. The van der Waals surface area contributed by atoms with Crippen molar-refractivity contribution in [2.45, 2.75) is 0 Å². The van der Waals surface area contributed by atoms with Gasteiger partial charge in [-0.3, -0.25) is 4.98 Å². The van der Waals surface area contributed by atoms with E-state index in [-0.39, 0.29) is 22.9 Å². The average molecular weight is 367 g/mol. The van der Waals surface area contributed by atoms with Gasteiger partial charge in [0.25, 0.3) is 0 Å². The van der Waals surface area contributed by atoms with E-state index in [0.29, 0.717) is 11.3 Å². The molecular weight excluding hydrogens is 352 g/mol. The number of nitrogens with two attached hydrogens (primary N) is 2. The lowest BCUT2D eigenvalue weighted by Crippen LogP contribution is -2.29. The SMILES string of the molecule is C=NN(/C(=N\N)c1cc(-c2ccccn2)cnc1N)c1cccc(F)c1F. The number of hydrogen-bond acceptors (Lipinski definition) is 6. The van der Waals surface area contributed by atoms with Crippen molar-refractivity contribution in [2.75, 3.05) is 10.7 Å². The Hall–Kier alpha value is -3.88. The third kappa shape index (κ3) is 3.43. The molecule has 0 atom stereocenters. The van der Waals surface area contributed by atoms with E-state index in [4.69, 9.17) is 11.6 Å². The van der Waals surface area contributed by atoms with Crippen molar-refractivity contribution in [3.8, 4) is 11.3 Å². The van der Waals surface area contributed by atoms with Crippen molar-refractivity contribution >= 4 is 24.1 Å². The van der Waals surface area contributed by atoms with Gasteiger partial charge in [0.1, 0.15) is 11.5 Å². The van der Waals surface area contributed by atoms with Gasteiger partial charge in [0.2, 0.25) is 0 Å².